The summed E-state index contributed by atoms with van der Waals surface area (Å²) in [6.45, 7) is 6.17. The van der Waals surface area contributed by atoms with Crippen LogP contribution in [0.4, 0.5) is 0 Å². The van der Waals surface area contributed by atoms with Crippen LogP contribution in [0.2, 0.25) is 0 Å². The second-order valence-corrected chi connectivity index (χ2v) is 6.63. The van der Waals surface area contributed by atoms with Crippen LogP contribution in [0.5, 0.6) is 0 Å². The average molecular weight is 330 g/mol. The zero-order chi connectivity index (χ0) is 13.5. The average Bonchev–Trinajstić information content (AvgIpc) is 2.32. The highest BCUT2D eigenvalue weighted by molar-refractivity contribution is 9.10. The summed E-state index contributed by atoms with van der Waals surface area (Å²) in [7, 11) is 0. The molecule has 100 valence electrons. The van der Waals surface area contributed by atoms with Gasteiger partial charge in [-0.3, -0.25) is 4.79 Å². The Kier molecular flexibility index (Phi) is 6.79. The molecule has 0 aromatic heterocycles. The summed E-state index contributed by atoms with van der Waals surface area (Å²) in [6.07, 6.45) is 1.01. The van der Waals surface area contributed by atoms with E-state index in [1.165, 1.54) is 0 Å². The largest absolute Gasteiger partial charge is 0.350 e. The van der Waals surface area contributed by atoms with Crippen molar-refractivity contribution in [2.45, 2.75) is 33.2 Å². The maximum absolute atomic E-state index is 12.1. The van der Waals surface area contributed by atoms with Gasteiger partial charge < -0.3 is 5.32 Å². The lowest BCUT2D eigenvalue weighted by atomic mass is 10.1. The zero-order valence-electron chi connectivity index (χ0n) is 11.1. The quantitative estimate of drug-likeness (QED) is 0.798. The Bertz CT molecular complexity index is 409. The second-order valence-electron chi connectivity index (χ2n) is 4.32. The minimum absolute atomic E-state index is 0.0165. The van der Waals surface area contributed by atoms with E-state index >= 15 is 0 Å². The van der Waals surface area contributed by atoms with Gasteiger partial charge in [0, 0.05) is 16.1 Å². The third kappa shape index (κ3) is 5.02. The van der Waals surface area contributed by atoms with E-state index in [1.54, 1.807) is 0 Å². The first-order valence-corrected chi connectivity index (χ1v) is 8.14. The van der Waals surface area contributed by atoms with Crippen molar-refractivity contribution >= 4 is 33.6 Å². The summed E-state index contributed by atoms with van der Waals surface area (Å²) in [6, 6.07) is 6.00. The van der Waals surface area contributed by atoms with Gasteiger partial charge in [-0.25, -0.2) is 0 Å². The molecule has 0 aliphatic carbocycles. The predicted octanol–water partition coefficient (Wildman–Crippen LogP) is 4.02. The fraction of sp³-hybridized carbons (Fsp3) is 0.500. The Morgan fingerprint density at radius 2 is 2.22 bits per heavy atom. The Labute approximate surface area is 122 Å². The van der Waals surface area contributed by atoms with Crippen LogP contribution in [0.3, 0.4) is 0 Å². The van der Waals surface area contributed by atoms with Gasteiger partial charge in [0.1, 0.15) is 0 Å². The Hall–Kier alpha value is -0.480. The van der Waals surface area contributed by atoms with E-state index in [4.69, 9.17) is 0 Å². The molecule has 0 saturated carbocycles. The number of hydrogen-bond donors (Lipinski definition) is 1. The van der Waals surface area contributed by atoms with Gasteiger partial charge >= 0.3 is 0 Å². The van der Waals surface area contributed by atoms with E-state index < -0.39 is 0 Å². The van der Waals surface area contributed by atoms with Crippen LogP contribution in [0.1, 0.15) is 36.2 Å². The molecule has 0 heterocycles. The van der Waals surface area contributed by atoms with Gasteiger partial charge in [0.15, 0.2) is 0 Å². The van der Waals surface area contributed by atoms with Crippen molar-refractivity contribution < 1.29 is 4.79 Å². The van der Waals surface area contributed by atoms with Crippen LogP contribution in [-0.4, -0.2) is 23.5 Å². The molecule has 1 rings (SSSR count). The number of carbonyl (C=O) groups excluding carboxylic acids is 1. The van der Waals surface area contributed by atoms with Crippen LogP contribution in [-0.2, 0) is 0 Å². The number of rotatable bonds is 6. The van der Waals surface area contributed by atoms with Crippen molar-refractivity contribution in [2.24, 2.45) is 0 Å². The van der Waals surface area contributed by atoms with Crippen molar-refractivity contribution in [3.8, 4) is 0 Å². The maximum Gasteiger partial charge on any atom is 0.251 e. The number of hydrogen-bond acceptors (Lipinski definition) is 2. The summed E-state index contributed by atoms with van der Waals surface area (Å²) in [5.41, 5.74) is 1.75. The molecular formula is C14H20BrNOS. The minimum atomic E-state index is 0.0165. The molecule has 0 bridgehead atoms. The Morgan fingerprint density at radius 3 is 2.89 bits per heavy atom. The highest BCUT2D eigenvalue weighted by atomic mass is 79.9. The summed E-state index contributed by atoms with van der Waals surface area (Å²) in [5.74, 6) is 2.24. The standard InChI is InChI=1S/C14H20BrNOS/c1-4-18-8-7-11(3)16-14(17)13-9-12(15)6-5-10(13)2/h5-6,9,11H,4,7-8H2,1-3H3,(H,16,17). The fourth-order valence-corrected chi connectivity index (χ4v) is 2.79. The van der Waals surface area contributed by atoms with Crippen LogP contribution in [0, 0.1) is 6.92 Å². The Morgan fingerprint density at radius 1 is 1.50 bits per heavy atom. The lowest BCUT2D eigenvalue weighted by molar-refractivity contribution is 0.0939. The van der Waals surface area contributed by atoms with Crippen molar-refractivity contribution in [3.05, 3.63) is 33.8 Å². The number of thioether (sulfide) groups is 1. The highest BCUT2D eigenvalue weighted by Gasteiger charge is 2.12. The molecule has 0 spiro atoms. The van der Waals surface area contributed by atoms with Crippen LogP contribution < -0.4 is 5.32 Å². The van der Waals surface area contributed by atoms with Gasteiger partial charge in [-0.1, -0.05) is 28.9 Å². The van der Waals surface area contributed by atoms with E-state index in [1.807, 2.05) is 36.9 Å². The molecule has 1 aromatic carbocycles. The topological polar surface area (TPSA) is 29.1 Å². The van der Waals surface area contributed by atoms with Gasteiger partial charge in [-0.05, 0) is 49.5 Å². The molecule has 1 atom stereocenters. The molecule has 2 nitrogen and oxygen atoms in total. The van der Waals surface area contributed by atoms with Gasteiger partial charge in [-0.15, -0.1) is 0 Å². The van der Waals surface area contributed by atoms with E-state index in [-0.39, 0.29) is 11.9 Å². The molecule has 0 fully saturated rings. The van der Waals surface area contributed by atoms with Crippen molar-refractivity contribution in [2.75, 3.05) is 11.5 Å². The van der Waals surface area contributed by atoms with Gasteiger partial charge in [0.05, 0.1) is 0 Å². The van der Waals surface area contributed by atoms with Gasteiger partial charge in [-0.2, -0.15) is 11.8 Å². The maximum atomic E-state index is 12.1. The summed E-state index contributed by atoms with van der Waals surface area (Å²) in [5, 5.41) is 3.05. The smallest absolute Gasteiger partial charge is 0.251 e. The predicted molar refractivity (Wildman–Crippen MR) is 83.4 cm³/mol. The Balaban J connectivity index is 2.56. The first kappa shape index (κ1) is 15.6. The molecule has 1 N–H and O–H groups in total. The minimum Gasteiger partial charge on any atom is -0.350 e. The normalized spacial score (nSPS) is 12.2. The first-order valence-electron chi connectivity index (χ1n) is 6.19. The molecule has 1 unspecified atom stereocenters. The number of benzene rings is 1. The molecule has 1 aromatic rings. The molecule has 0 radical (unpaired) electrons. The van der Waals surface area contributed by atoms with E-state index in [0.717, 1.165) is 33.5 Å². The highest BCUT2D eigenvalue weighted by Crippen LogP contribution is 2.16. The summed E-state index contributed by atoms with van der Waals surface area (Å²) >= 11 is 5.30. The second kappa shape index (κ2) is 7.85. The number of amides is 1. The van der Waals surface area contributed by atoms with Gasteiger partial charge in [0.2, 0.25) is 0 Å². The van der Waals surface area contributed by atoms with Gasteiger partial charge in [0.25, 0.3) is 5.91 Å². The van der Waals surface area contributed by atoms with Crippen LogP contribution in [0.25, 0.3) is 0 Å². The van der Waals surface area contributed by atoms with E-state index in [9.17, 15) is 4.79 Å². The number of aryl methyl sites for hydroxylation is 1. The van der Waals surface area contributed by atoms with E-state index in [0.29, 0.717) is 0 Å². The molecule has 1 amide bonds. The summed E-state index contributed by atoms with van der Waals surface area (Å²) in [4.78, 5) is 12.1. The third-order valence-corrected chi connectivity index (χ3v) is 4.15. The van der Waals surface area contributed by atoms with Crippen molar-refractivity contribution in [1.82, 2.24) is 5.32 Å². The number of carbonyl (C=O) groups is 1. The van der Waals surface area contributed by atoms with Crippen molar-refractivity contribution in [3.63, 3.8) is 0 Å². The number of nitrogens with one attached hydrogen (secondary N) is 1. The molecule has 18 heavy (non-hydrogen) atoms. The SMILES string of the molecule is CCSCCC(C)NC(=O)c1cc(Br)ccc1C. The molecule has 0 aliphatic heterocycles. The molecular weight excluding hydrogens is 310 g/mol. The molecule has 4 heteroatoms. The lowest BCUT2D eigenvalue weighted by Gasteiger charge is -2.14. The van der Waals surface area contributed by atoms with Crippen molar-refractivity contribution in [1.29, 1.82) is 0 Å². The van der Waals surface area contributed by atoms with Crippen LogP contribution in [0.15, 0.2) is 22.7 Å². The zero-order valence-corrected chi connectivity index (χ0v) is 13.5. The fourth-order valence-electron chi connectivity index (χ4n) is 1.62. The summed E-state index contributed by atoms with van der Waals surface area (Å²) < 4.78 is 0.937. The third-order valence-electron chi connectivity index (χ3n) is 2.72. The van der Waals surface area contributed by atoms with E-state index in [2.05, 4.69) is 35.1 Å². The molecule has 0 aliphatic rings. The van der Waals surface area contributed by atoms with Crippen LogP contribution >= 0.6 is 27.7 Å². The molecule has 0 saturated heterocycles. The number of halogens is 1. The lowest BCUT2D eigenvalue weighted by Crippen LogP contribution is -2.33. The first-order chi connectivity index (χ1) is 8.54. The monoisotopic (exact) mass is 329 g/mol.